The molecule has 45 heavy (non-hydrogen) atoms. The van der Waals surface area contributed by atoms with E-state index in [1.165, 1.54) is 5.01 Å². The van der Waals surface area contributed by atoms with Crippen molar-refractivity contribution in [1.82, 2.24) is 30.1 Å². The van der Waals surface area contributed by atoms with Crippen LogP contribution in [0.4, 0.5) is 4.79 Å². The maximum absolute atomic E-state index is 13.8. The zero-order valence-corrected chi connectivity index (χ0v) is 25.7. The van der Waals surface area contributed by atoms with Crippen LogP contribution in [-0.4, -0.2) is 68.5 Å². The number of hydrogen-bond acceptors (Lipinski definition) is 6. The molecule has 0 bridgehead atoms. The summed E-state index contributed by atoms with van der Waals surface area (Å²) in [7, 11) is 0. The van der Waals surface area contributed by atoms with Crippen LogP contribution in [0.2, 0.25) is 5.02 Å². The van der Waals surface area contributed by atoms with Gasteiger partial charge >= 0.3 is 6.03 Å². The third-order valence-electron chi connectivity index (χ3n) is 8.38. The lowest BCUT2D eigenvalue weighted by Crippen LogP contribution is -2.60. The monoisotopic (exact) mass is 620 g/mol. The van der Waals surface area contributed by atoms with Crippen LogP contribution in [0.3, 0.4) is 0 Å². The van der Waals surface area contributed by atoms with Gasteiger partial charge in [0.05, 0.1) is 30.2 Å². The molecule has 3 aromatic carbocycles. The Morgan fingerprint density at radius 2 is 1.87 bits per heavy atom. The SMILES string of the molecule is C=CCN(C(=O)NCc1ccccc1)N1CC(=O)N2[C@@H](c3ccccc3)C(=C=O)N(Cc3c(C)cc(Cl)c4cccnc34)C[C@@H]21. The van der Waals surface area contributed by atoms with Gasteiger partial charge in [-0.2, -0.15) is 5.01 Å². The number of aryl methyl sites for hydroxylation is 1. The minimum absolute atomic E-state index is 0.0367. The molecule has 2 aliphatic rings. The van der Waals surface area contributed by atoms with E-state index in [1.54, 1.807) is 22.2 Å². The standard InChI is InChI=1S/C35H33ClN6O3/c1-3-17-40(35(45)38-19-25-11-6-4-7-12-25)41-22-32(44)42-31(41)21-39(30(23-43)34(42)26-13-8-5-9-14-26)20-28-24(2)18-29(36)27-15-10-16-37-33(27)28/h3-16,18,31,34H,1,17,19-22H2,2H3,(H,38,45)/t31-,34+/m1/s1. The highest BCUT2D eigenvalue weighted by atomic mass is 35.5. The van der Waals surface area contributed by atoms with Crippen LogP contribution in [0.25, 0.3) is 10.9 Å². The molecular formula is C35H33ClN6O3. The Kier molecular flexibility index (Phi) is 8.67. The number of urea groups is 1. The van der Waals surface area contributed by atoms with E-state index in [9.17, 15) is 14.4 Å². The zero-order chi connectivity index (χ0) is 31.5. The summed E-state index contributed by atoms with van der Waals surface area (Å²) in [5.74, 6) is 2.00. The number of hydrazine groups is 1. The number of rotatable bonds is 8. The van der Waals surface area contributed by atoms with Gasteiger partial charge in [-0.25, -0.2) is 9.59 Å². The fourth-order valence-corrected chi connectivity index (χ4v) is 6.58. The second-order valence-electron chi connectivity index (χ2n) is 11.1. The number of pyridine rings is 1. The van der Waals surface area contributed by atoms with E-state index in [2.05, 4.69) is 22.8 Å². The number of halogens is 1. The molecule has 4 aromatic rings. The van der Waals surface area contributed by atoms with Gasteiger partial charge in [-0.3, -0.25) is 14.8 Å². The first-order valence-corrected chi connectivity index (χ1v) is 15.1. The molecular weight excluding hydrogens is 588 g/mol. The van der Waals surface area contributed by atoms with Gasteiger partial charge in [0.2, 0.25) is 5.91 Å². The summed E-state index contributed by atoms with van der Waals surface area (Å²) in [4.78, 5) is 48.6. The van der Waals surface area contributed by atoms with E-state index in [0.717, 1.165) is 33.2 Å². The molecule has 2 atom stereocenters. The Morgan fingerprint density at radius 3 is 2.58 bits per heavy atom. The van der Waals surface area contributed by atoms with Gasteiger partial charge in [-0.1, -0.05) is 78.3 Å². The first kappa shape index (κ1) is 30.1. The van der Waals surface area contributed by atoms with Crippen LogP contribution in [0, 0.1) is 6.92 Å². The van der Waals surface area contributed by atoms with E-state index < -0.39 is 12.2 Å². The van der Waals surface area contributed by atoms with E-state index in [0.29, 0.717) is 23.8 Å². The Hall–Kier alpha value is -4.95. The van der Waals surface area contributed by atoms with Gasteiger partial charge in [0, 0.05) is 30.2 Å². The second-order valence-corrected chi connectivity index (χ2v) is 11.5. The average Bonchev–Trinajstić information content (AvgIpc) is 3.39. The molecule has 0 radical (unpaired) electrons. The molecule has 2 aliphatic heterocycles. The molecule has 0 saturated carbocycles. The third-order valence-corrected chi connectivity index (χ3v) is 8.70. The first-order chi connectivity index (χ1) is 21.9. The highest BCUT2D eigenvalue weighted by molar-refractivity contribution is 6.35. The van der Waals surface area contributed by atoms with Crippen molar-refractivity contribution in [3.63, 3.8) is 0 Å². The number of benzene rings is 3. The quantitative estimate of drug-likeness (QED) is 0.214. The number of amides is 3. The number of carbonyl (C=O) groups excluding carboxylic acids is 3. The van der Waals surface area contributed by atoms with Crippen LogP contribution in [0.5, 0.6) is 0 Å². The van der Waals surface area contributed by atoms with E-state index in [1.807, 2.05) is 90.7 Å². The van der Waals surface area contributed by atoms with Gasteiger partial charge < -0.3 is 15.1 Å². The van der Waals surface area contributed by atoms with Crippen molar-refractivity contribution in [1.29, 1.82) is 0 Å². The van der Waals surface area contributed by atoms with Crippen LogP contribution in [0.15, 0.2) is 103 Å². The normalized spacial score (nSPS) is 18.1. The van der Waals surface area contributed by atoms with E-state index in [-0.39, 0.29) is 31.6 Å². The lowest BCUT2D eigenvalue weighted by atomic mass is 9.96. The fourth-order valence-electron chi connectivity index (χ4n) is 6.27. The predicted molar refractivity (Wildman–Crippen MR) is 173 cm³/mol. The van der Waals surface area contributed by atoms with Crippen LogP contribution >= 0.6 is 11.6 Å². The first-order valence-electron chi connectivity index (χ1n) is 14.8. The van der Waals surface area contributed by atoms with Gasteiger partial charge in [-0.15, -0.1) is 6.58 Å². The molecule has 2 fully saturated rings. The molecule has 3 heterocycles. The summed E-state index contributed by atoms with van der Waals surface area (Å²) in [5.41, 5.74) is 4.68. The highest BCUT2D eigenvalue weighted by Crippen LogP contribution is 2.41. The van der Waals surface area contributed by atoms with Crippen molar-refractivity contribution >= 4 is 40.4 Å². The molecule has 0 aliphatic carbocycles. The predicted octanol–water partition coefficient (Wildman–Crippen LogP) is 5.25. The maximum atomic E-state index is 13.8. The lowest BCUT2D eigenvalue weighted by Gasteiger charge is -2.47. The number of carbonyl (C=O) groups is 2. The highest BCUT2D eigenvalue weighted by Gasteiger charge is 2.51. The summed E-state index contributed by atoms with van der Waals surface area (Å²) >= 11 is 6.58. The second kappa shape index (κ2) is 13.0. The summed E-state index contributed by atoms with van der Waals surface area (Å²) in [6, 6.07) is 23.7. The molecule has 10 heteroatoms. The van der Waals surface area contributed by atoms with Crippen molar-refractivity contribution in [3.05, 3.63) is 131 Å². The molecule has 1 N–H and O–H groups in total. The van der Waals surface area contributed by atoms with Gasteiger partial charge in [0.1, 0.15) is 23.8 Å². The van der Waals surface area contributed by atoms with E-state index in [4.69, 9.17) is 11.6 Å². The topological polar surface area (TPSA) is 89.1 Å². The van der Waals surface area contributed by atoms with Gasteiger partial charge in [0.25, 0.3) is 0 Å². The molecule has 3 amide bonds. The van der Waals surface area contributed by atoms with E-state index >= 15 is 0 Å². The summed E-state index contributed by atoms with van der Waals surface area (Å²) in [6.07, 6.45) is 2.80. The number of aromatic nitrogens is 1. The summed E-state index contributed by atoms with van der Waals surface area (Å²) < 4.78 is 0. The number of nitrogens with one attached hydrogen (secondary N) is 1. The summed E-state index contributed by atoms with van der Waals surface area (Å²) in [5, 5.41) is 7.71. The molecule has 6 rings (SSSR count). The smallest absolute Gasteiger partial charge is 0.332 e. The van der Waals surface area contributed by atoms with Gasteiger partial charge in [0.15, 0.2) is 0 Å². The van der Waals surface area contributed by atoms with Crippen LogP contribution in [-0.2, 0) is 22.7 Å². The Morgan fingerprint density at radius 1 is 1.13 bits per heavy atom. The molecule has 2 saturated heterocycles. The van der Waals surface area contributed by atoms with Crippen molar-refractivity contribution < 1.29 is 14.4 Å². The number of piperazine rings is 1. The Bertz CT molecular complexity index is 1790. The molecule has 1 aromatic heterocycles. The Balaban J connectivity index is 1.39. The average molecular weight is 621 g/mol. The van der Waals surface area contributed by atoms with Crippen LogP contribution < -0.4 is 5.32 Å². The Labute approximate surface area is 267 Å². The van der Waals surface area contributed by atoms with Crippen molar-refractivity contribution in [2.45, 2.75) is 32.2 Å². The fraction of sp³-hybridized carbons (Fsp3) is 0.229. The molecule has 9 nitrogen and oxygen atoms in total. The third kappa shape index (κ3) is 5.81. The minimum Gasteiger partial charge on any atom is -0.356 e. The molecule has 0 spiro atoms. The largest absolute Gasteiger partial charge is 0.356 e. The van der Waals surface area contributed by atoms with Crippen LogP contribution in [0.1, 0.15) is 28.3 Å². The lowest BCUT2D eigenvalue weighted by molar-refractivity contribution is -0.132. The molecule has 228 valence electrons. The zero-order valence-electron chi connectivity index (χ0n) is 24.9. The van der Waals surface area contributed by atoms with Crippen molar-refractivity contribution in [3.8, 4) is 0 Å². The van der Waals surface area contributed by atoms with Gasteiger partial charge in [-0.05, 0) is 41.8 Å². The van der Waals surface area contributed by atoms with Crippen molar-refractivity contribution in [2.24, 2.45) is 0 Å². The number of hydrogen-bond donors (Lipinski definition) is 1. The summed E-state index contributed by atoms with van der Waals surface area (Å²) in [6.45, 7) is 6.91. The van der Waals surface area contributed by atoms with Crippen molar-refractivity contribution in [2.75, 3.05) is 19.6 Å². The molecule has 0 unspecified atom stereocenters. The number of fused-ring (bicyclic) bond motifs is 2. The maximum Gasteiger partial charge on any atom is 0.332 e. The minimum atomic E-state index is -0.704. The number of nitrogens with zero attached hydrogens (tertiary/aromatic N) is 5.